The summed E-state index contributed by atoms with van der Waals surface area (Å²) in [5.74, 6) is 5.04. The molecule has 228 valence electrons. The van der Waals surface area contributed by atoms with E-state index in [1.54, 1.807) is 24.8 Å². The second-order valence-corrected chi connectivity index (χ2v) is 11.0. The first kappa shape index (κ1) is 28.1. The van der Waals surface area contributed by atoms with Crippen LogP contribution in [0.1, 0.15) is 11.1 Å². The maximum atomic E-state index is 5.44. The third-order valence-electron chi connectivity index (χ3n) is 8.10. The fourth-order valence-electron chi connectivity index (χ4n) is 5.72. The summed E-state index contributed by atoms with van der Waals surface area (Å²) >= 11 is 0. The Morgan fingerprint density at radius 2 is 0.864 bits per heavy atom. The molecule has 2 aromatic heterocycles. The fraction of sp³-hybridized carbons (Fsp3) is 0.375. The molecule has 4 aliphatic heterocycles. The second kappa shape index (κ2) is 13.3. The maximum absolute atomic E-state index is 5.44. The van der Waals surface area contributed by atoms with Gasteiger partial charge in [0.05, 0.1) is 0 Å². The largest absolute Gasteiger partial charge is 0.454 e. The lowest BCUT2D eigenvalue weighted by atomic mass is 10.1. The van der Waals surface area contributed by atoms with E-state index in [9.17, 15) is 0 Å². The molecule has 2 aromatic carbocycles. The Morgan fingerprint density at radius 3 is 1.27 bits per heavy atom. The van der Waals surface area contributed by atoms with E-state index in [1.165, 1.54) is 11.1 Å². The molecular weight excluding hydrogens is 560 g/mol. The van der Waals surface area contributed by atoms with Crippen LogP contribution in [0.25, 0.3) is 0 Å². The highest BCUT2D eigenvalue weighted by atomic mass is 16.7. The number of benzene rings is 2. The van der Waals surface area contributed by atoms with E-state index >= 15 is 0 Å². The minimum Gasteiger partial charge on any atom is -0.454 e. The minimum absolute atomic E-state index is 0.328. The number of hydrogen-bond acceptors (Lipinski definition) is 12. The van der Waals surface area contributed by atoms with Crippen LogP contribution < -0.4 is 28.7 Å². The quantitative estimate of drug-likeness (QED) is 0.327. The molecule has 8 rings (SSSR count). The number of fused-ring (bicyclic) bond motifs is 2. The van der Waals surface area contributed by atoms with Gasteiger partial charge in [0.25, 0.3) is 0 Å². The topological polar surface area (TPSA) is 101 Å². The molecule has 0 amide bonds. The van der Waals surface area contributed by atoms with Gasteiger partial charge in [0.2, 0.25) is 25.5 Å². The monoisotopic (exact) mass is 596 g/mol. The van der Waals surface area contributed by atoms with Gasteiger partial charge in [-0.3, -0.25) is 9.80 Å². The molecule has 4 aromatic rings. The third-order valence-corrected chi connectivity index (χ3v) is 8.10. The van der Waals surface area contributed by atoms with Crippen molar-refractivity contribution in [1.82, 2.24) is 29.7 Å². The van der Waals surface area contributed by atoms with Crippen molar-refractivity contribution in [2.45, 2.75) is 13.1 Å². The van der Waals surface area contributed by atoms with Gasteiger partial charge in [-0.2, -0.15) is 0 Å². The normalized spacial score (nSPS) is 17.7. The molecule has 4 aliphatic rings. The summed E-state index contributed by atoms with van der Waals surface area (Å²) in [5.41, 5.74) is 2.52. The van der Waals surface area contributed by atoms with Crippen molar-refractivity contribution in [3.63, 3.8) is 0 Å². The molecule has 0 saturated carbocycles. The minimum atomic E-state index is 0.328. The summed E-state index contributed by atoms with van der Waals surface area (Å²) < 4.78 is 21.6. The van der Waals surface area contributed by atoms with Crippen LogP contribution in [0, 0.1) is 0 Å². The molecule has 0 aliphatic carbocycles. The molecule has 0 atom stereocenters. The van der Waals surface area contributed by atoms with Crippen molar-refractivity contribution in [3.8, 4) is 23.0 Å². The predicted octanol–water partition coefficient (Wildman–Crippen LogP) is 3.06. The second-order valence-electron chi connectivity index (χ2n) is 11.0. The number of ether oxygens (including phenoxy) is 4. The van der Waals surface area contributed by atoms with E-state index in [2.05, 4.69) is 63.8 Å². The van der Waals surface area contributed by atoms with E-state index < -0.39 is 0 Å². The van der Waals surface area contributed by atoms with Crippen molar-refractivity contribution in [2.24, 2.45) is 0 Å². The van der Waals surface area contributed by atoms with Gasteiger partial charge in [0.15, 0.2) is 23.0 Å². The Bertz CT molecular complexity index is 1400. The zero-order valence-corrected chi connectivity index (χ0v) is 24.6. The van der Waals surface area contributed by atoms with Gasteiger partial charge >= 0.3 is 0 Å². The average molecular weight is 597 g/mol. The van der Waals surface area contributed by atoms with Crippen molar-refractivity contribution in [2.75, 3.05) is 75.7 Å². The highest BCUT2D eigenvalue weighted by Gasteiger charge is 2.21. The lowest BCUT2D eigenvalue weighted by molar-refractivity contribution is 0.173. The Hall–Kier alpha value is -4.68. The Balaban J connectivity index is 0.000000142. The molecule has 2 fully saturated rings. The molecule has 0 N–H and O–H groups in total. The molecule has 0 unspecified atom stereocenters. The summed E-state index contributed by atoms with van der Waals surface area (Å²) in [7, 11) is 0. The van der Waals surface area contributed by atoms with Crippen molar-refractivity contribution in [3.05, 3.63) is 84.4 Å². The smallest absolute Gasteiger partial charge is 0.231 e. The Labute approximate surface area is 256 Å². The van der Waals surface area contributed by atoms with Crippen molar-refractivity contribution < 1.29 is 18.9 Å². The Kier molecular flexibility index (Phi) is 8.50. The van der Waals surface area contributed by atoms with Crippen LogP contribution in [0.2, 0.25) is 0 Å². The molecular formula is C32H36N8O4. The highest BCUT2D eigenvalue weighted by molar-refractivity contribution is 5.45. The number of nitrogens with zero attached hydrogens (tertiary/aromatic N) is 8. The Morgan fingerprint density at radius 1 is 0.477 bits per heavy atom. The average Bonchev–Trinajstić information content (AvgIpc) is 3.76. The maximum Gasteiger partial charge on any atom is 0.231 e. The van der Waals surface area contributed by atoms with Gasteiger partial charge in [-0.05, 0) is 47.5 Å². The van der Waals surface area contributed by atoms with E-state index in [-0.39, 0.29) is 0 Å². The van der Waals surface area contributed by atoms with Gasteiger partial charge in [-0.1, -0.05) is 12.1 Å². The first-order chi connectivity index (χ1) is 21.8. The van der Waals surface area contributed by atoms with Crippen LogP contribution in [0.5, 0.6) is 23.0 Å². The van der Waals surface area contributed by atoms with Gasteiger partial charge in [-0.15, -0.1) is 0 Å². The first-order valence-corrected chi connectivity index (χ1v) is 15.0. The van der Waals surface area contributed by atoms with Gasteiger partial charge < -0.3 is 28.7 Å². The van der Waals surface area contributed by atoms with Crippen LogP contribution in [0.3, 0.4) is 0 Å². The third kappa shape index (κ3) is 6.76. The van der Waals surface area contributed by atoms with Crippen LogP contribution in [-0.2, 0) is 13.1 Å². The molecule has 0 radical (unpaired) electrons. The summed E-state index contributed by atoms with van der Waals surface area (Å²) in [6.45, 7) is 10.4. The number of anilines is 2. The molecule has 2 saturated heterocycles. The highest BCUT2D eigenvalue weighted by Crippen LogP contribution is 2.34. The summed E-state index contributed by atoms with van der Waals surface area (Å²) in [5, 5.41) is 0. The molecule has 0 bridgehead atoms. The van der Waals surface area contributed by atoms with E-state index in [1.807, 2.05) is 24.3 Å². The number of aromatic nitrogens is 4. The summed E-state index contributed by atoms with van der Waals surface area (Å²) in [6.07, 6.45) is 7.17. The fourth-order valence-corrected chi connectivity index (χ4v) is 5.72. The lowest BCUT2D eigenvalue weighted by Gasteiger charge is -2.34. The zero-order chi connectivity index (χ0) is 29.6. The van der Waals surface area contributed by atoms with Crippen LogP contribution in [-0.4, -0.2) is 95.7 Å². The van der Waals surface area contributed by atoms with E-state index in [4.69, 9.17) is 18.9 Å². The molecule has 0 spiro atoms. The standard InChI is InChI=1S/2C16H18N4O2/c2*1-4-17-16(18-5-1)20-8-6-19(7-9-20)11-13-2-3-14-15(10-13)22-12-21-14/h2*1-5,10H,6-9,11-12H2. The number of piperazine rings is 2. The van der Waals surface area contributed by atoms with Crippen LogP contribution in [0.15, 0.2) is 73.3 Å². The van der Waals surface area contributed by atoms with Gasteiger partial charge in [-0.25, -0.2) is 19.9 Å². The first-order valence-electron chi connectivity index (χ1n) is 15.0. The SMILES string of the molecule is c1cnc(N2CCN(Cc3ccc4c(c3)OCO4)CC2)nc1.c1cnc(N2CCN(Cc3ccc4c(c3)OCO4)CC2)nc1. The molecule has 44 heavy (non-hydrogen) atoms. The number of rotatable bonds is 6. The van der Waals surface area contributed by atoms with Gasteiger partial charge in [0.1, 0.15) is 0 Å². The zero-order valence-electron chi connectivity index (χ0n) is 24.6. The van der Waals surface area contributed by atoms with Crippen LogP contribution in [0.4, 0.5) is 11.9 Å². The predicted molar refractivity (Wildman–Crippen MR) is 164 cm³/mol. The van der Waals surface area contributed by atoms with E-state index in [0.29, 0.717) is 13.6 Å². The summed E-state index contributed by atoms with van der Waals surface area (Å²) in [4.78, 5) is 26.6. The van der Waals surface area contributed by atoms with Crippen molar-refractivity contribution >= 4 is 11.9 Å². The summed E-state index contributed by atoms with van der Waals surface area (Å²) in [6, 6.07) is 16.1. The lowest BCUT2D eigenvalue weighted by Crippen LogP contribution is -2.46. The van der Waals surface area contributed by atoms with Gasteiger partial charge in [0, 0.05) is 90.2 Å². The molecule has 6 heterocycles. The number of hydrogen-bond donors (Lipinski definition) is 0. The molecule has 12 nitrogen and oxygen atoms in total. The van der Waals surface area contributed by atoms with Crippen LogP contribution >= 0.6 is 0 Å². The van der Waals surface area contributed by atoms with Crippen molar-refractivity contribution in [1.29, 1.82) is 0 Å². The molecule has 12 heteroatoms. The van der Waals surface area contributed by atoms with E-state index in [0.717, 1.165) is 100 Å².